The van der Waals surface area contributed by atoms with E-state index in [1.165, 1.54) is 4.90 Å². The van der Waals surface area contributed by atoms with Gasteiger partial charge >= 0.3 is 0 Å². The van der Waals surface area contributed by atoms with Crippen LogP contribution in [0, 0.1) is 6.92 Å². The van der Waals surface area contributed by atoms with Crippen molar-refractivity contribution in [2.24, 2.45) is 0 Å². The number of carbonyl (C=O) groups is 2. The number of amides is 2. The molecule has 1 aliphatic rings. The van der Waals surface area contributed by atoms with Crippen LogP contribution in [0.5, 0.6) is 0 Å². The van der Waals surface area contributed by atoms with Crippen molar-refractivity contribution in [1.29, 1.82) is 0 Å². The van der Waals surface area contributed by atoms with Crippen LogP contribution >= 0.6 is 0 Å². The minimum Gasteiger partial charge on any atom is -0.323 e. The zero-order chi connectivity index (χ0) is 20.5. The fourth-order valence-electron chi connectivity index (χ4n) is 3.34. The van der Waals surface area contributed by atoms with E-state index in [1.54, 1.807) is 55.5 Å². The molecule has 0 radical (unpaired) electrons. The van der Waals surface area contributed by atoms with Gasteiger partial charge in [-0.05, 0) is 37.6 Å². The van der Waals surface area contributed by atoms with Crippen LogP contribution in [0.1, 0.15) is 18.9 Å². The molecule has 1 heterocycles. The standard InChI is InChI=1S/C20H23N3O4S/c1-4-17(23(28(3,26)27)15-11-9-14(2)10-12-15)20(25)22-13-19(24)21-16-7-5-6-8-18(16)22/h5-12,17H,4,13H2,1-3H3,(H,21,24)/t17-/m0/s1. The molecule has 2 aromatic carbocycles. The number of hydrogen-bond donors (Lipinski definition) is 1. The Morgan fingerprint density at radius 2 is 1.82 bits per heavy atom. The van der Waals surface area contributed by atoms with Gasteiger partial charge in [0.2, 0.25) is 15.9 Å². The predicted molar refractivity (Wildman–Crippen MR) is 110 cm³/mol. The highest BCUT2D eigenvalue weighted by Crippen LogP contribution is 2.31. The first-order chi connectivity index (χ1) is 13.2. The summed E-state index contributed by atoms with van der Waals surface area (Å²) in [7, 11) is -3.73. The third-order valence-corrected chi connectivity index (χ3v) is 5.82. The molecule has 148 valence electrons. The average molecular weight is 401 g/mol. The lowest BCUT2D eigenvalue weighted by Gasteiger charge is -2.36. The first-order valence-corrected chi connectivity index (χ1v) is 10.8. The second-order valence-electron chi connectivity index (χ2n) is 6.81. The van der Waals surface area contributed by atoms with Crippen LogP contribution in [0.15, 0.2) is 48.5 Å². The van der Waals surface area contributed by atoms with Gasteiger partial charge in [-0.3, -0.25) is 18.8 Å². The number of anilines is 3. The Balaban J connectivity index is 2.04. The van der Waals surface area contributed by atoms with Gasteiger partial charge in [0.1, 0.15) is 12.6 Å². The van der Waals surface area contributed by atoms with E-state index >= 15 is 0 Å². The summed E-state index contributed by atoms with van der Waals surface area (Å²) in [4.78, 5) is 26.9. The van der Waals surface area contributed by atoms with E-state index in [-0.39, 0.29) is 18.9 Å². The molecule has 1 aliphatic heterocycles. The molecule has 7 nitrogen and oxygen atoms in total. The summed E-state index contributed by atoms with van der Waals surface area (Å²) in [5.41, 5.74) is 2.49. The number of benzene rings is 2. The molecule has 1 atom stereocenters. The maximum Gasteiger partial charge on any atom is 0.251 e. The van der Waals surface area contributed by atoms with Crippen molar-refractivity contribution < 1.29 is 18.0 Å². The zero-order valence-electron chi connectivity index (χ0n) is 16.0. The smallest absolute Gasteiger partial charge is 0.251 e. The Morgan fingerprint density at radius 1 is 1.18 bits per heavy atom. The topological polar surface area (TPSA) is 86.8 Å². The lowest BCUT2D eigenvalue weighted by molar-refractivity contribution is -0.122. The highest BCUT2D eigenvalue weighted by atomic mass is 32.2. The molecule has 1 N–H and O–H groups in total. The lowest BCUT2D eigenvalue weighted by Crippen LogP contribution is -2.53. The van der Waals surface area contributed by atoms with E-state index in [4.69, 9.17) is 0 Å². The van der Waals surface area contributed by atoms with Crippen LogP contribution in [0.25, 0.3) is 0 Å². The van der Waals surface area contributed by atoms with E-state index in [1.807, 2.05) is 6.92 Å². The van der Waals surface area contributed by atoms with Crippen molar-refractivity contribution in [3.63, 3.8) is 0 Å². The third kappa shape index (κ3) is 3.87. The number of hydrogen-bond acceptors (Lipinski definition) is 4. The van der Waals surface area contributed by atoms with Gasteiger partial charge in [0.25, 0.3) is 5.91 Å². The van der Waals surface area contributed by atoms with Crippen LogP contribution in [0.2, 0.25) is 0 Å². The minimum absolute atomic E-state index is 0.155. The minimum atomic E-state index is -3.73. The largest absolute Gasteiger partial charge is 0.323 e. The Labute approximate surface area is 165 Å². The highest BCUT2D eigenvalue weighted by Gasteiger charge is 2.37. The first kappa shape index (κ1) is 19.9. The molecule has 28 heavy (non-hydrogen) atoms. The van der Waals surface area contributed by atoms with Crippen LogP contribution in [-0.2, 0) is 19.6 Å². The summed E-state index contributed by atoms with van der Waals surface area (Å²) in [5, 5.41) is 2.73. The lowest BCUT2D eigenvalue weighted by atomic mass is 10.1. The summed E-state index contributed by atoms with van der Waals surface area (Å²) in [6.07, 6.45) is 1.35. The van der Waals surface area contributed by atoms with Gasteiger partial charge in [-0.25, -0.2) is 8.42 Å². The molecule has 0 aromatic heterocycles. The van der Waals surface area contributed by atoms with E-state index in [9.17, 15) is 18.0 Å². The number of nitrogens with one attached hydrogen (secondary N) is 1. The van der Waals surface area contributed by atoms with Crippen molar-refractivity contribution in [2.75, 3.05) is 27.3 Å². The maximum atomic E-state index is 13.4. The Kier molecular flexibility index (Phi) is 5.42. The van der Waals surface area contributed by atoms with Crippen molar-refractivity contribution in [3.05, 3.63) is 54.1 Å². The van der Waals surface area contributed by atoms with Crippen LogP contribution in [-0.4, -0.2) is 39.1 Å². The molecule has 2 amide bonds. The molecule has 0 fully saturated rings. The Bertz CT molecular complexity index is 1000. The number of sulfonamides is 1. The summed E-state index contributed by atoms with van der Waals surface area (Å²) in [6.45, 7) is 3.50. The highest BCUT2D eigenvalue weighted by molar-refractivity contribution is 7.92. The quantitative estimate of drug-likeness (QED) is 0.834. The zero-order valence-corrected chi connectivity index (χ0v) is 16.9. The van der Waals surface area contributed by atoms with Gasteiger partial charge in [-0.15, -0.1) is 0 Å². The Hall–Kier alpha value is -2.87. The molecule has 0 saturated carbocycles. The van der Waals surface area contributed by atoms with Gasteiger partial charge in [0.05, 0.1) is 23.3 Å². The van der Waals surface area contributed by atoms with Crippen molar-refractivity contribution in [3.8, 4) is 0 Å². The van der Waals surface area contributed by atoms with Crippen molar-refractivity contribution in [2.45, 2.75) is 26.3 Å². The molecule has 2 aromatic rings. The first-order valence-electron chi connectivity index (χ1n) is 8.98. The van der Waals surface area contributed by atoms with Crippen LogP contribution in [0.3, 0.4) is 0 Å². The second kappa shape index (κ2) is 7.63. The van der Waals surface area contributed by atoms with E-state index < -0.39 is 22.0 Å². The third-order valence-electron chi connectivity index (χ3n) is 4.64. The number of rotatable bonds is 5. The molecule has 0 aliphatic carbocycles. The number of fused-ring (bicyclic) bond motifs is 1. The SMILES string of the molecule is CC[C@@H](C(=O)N1CC(=O)Nc2ccccc21)N(c1ccc(C)cc1)S(C)(=O)=O. The van der Waals surface area contributed by atoms with Crippen molar-refractivity contribution >= 4 is 38.9 Å². The molecule has 0 saturated heterocycles. The van der Waals surface area contributed by atoms with Gasteiger partial charge in [-0.1, -0.05) is 36.8 Å². The number of para-hydroxylation sites is 2. The van der Waals surface area contributed by atoms with E-state index in [0.717, 1.165) is 16.1 Å². The van der Waals surface area contributed by atoms with Crippen LogP contribution < -0.4 is 14.5 Å². The molecular weight excluding hydrogens is 378 g/mol. The summed E-state index contributed by atoms with van der Waals surface area (Å²) in [6, 6.07) is 13.0. The fourth-order valence-corrected chi connectivity index (χ4v) is 4.55. The second-order valence-corrected chi connectivity index (χ2v) is 8.67. The van der Waals surface area contributed by atoms with E-state index in [2.05, 4.69) is 5.32 Å². The monoisotopic (exact) mass is 401 g/mol. The normalized spacial score (nSPS) is 14.8. The molecule has 0 spiro atoms. The number of carbonyl (C=O) groups excluding carboxylic acids is 2. The van der Waals surface area contributed by atoms with Crippen LogP contribution in [0.4, 0.5) is 17.1 Å². The van der Waals surface area contributed by atoms with Gasteiger partial charge in [0, 0.05) is 0 Å². The fraction of sp³-hybridized carbons (Fsp3) is 0.300. The van der Waals surface area contributed by atoms with Crippen molar-refractivity contribution in [1.82, 2.24) is 0 Å². The number of nitrogens with zero attached hydrogens (tertiary/aromatic N) is 2. The molecular formula is C20H23N3O4S. The molecule has 0 bridgehead atoms. The van der Waals surface area contributed by atoms with Gasteiger partial charge in [-0.2, -0.15) is 0 Å². The maximum absolute atomic E-state index is 13.4. The van der Waals surface area contributed by atoms with E-state index in [0.29, 0.717) is 17.1 Å². The van der Waals surface area contributed by atoms with Gasteiger partial charge < -0.3 is 5.32 Å². The summed E-state index contributed by atoms with van der Waals surface area (Å²) in [5.74, 6) is -0.751. The predicted octanol–water partition coefficient (Wildman–Crippen LogP) is 2.52. The average Bonchev–Trinajstić information content (AvgIpc) is 2.65. The summed E-state index contributed by atoms with van der Waals surface area (Å²) >= 11 is 0. The molecule has 8 heteroatoms. The Morgan fingerprint density at radius 3 is 2.43 bits per heavy atom. The molecule has 3 rings (SSSR count). The van der Waals surface area contributed by atoms with Gasteiger partial charge in [0.15, 0.2) is 0 Å². The molecule has 0 unspecified atom stereocenters. The summed E-state index contributed by atoms with van der Waals surface area (Å²) < 4.78 is 26.3. The number of aryl methyl sites for hydroxylation is 1.